The van der Waals surface area contributed by atoms with E-state index in [1.807, 2.05) is 101 Å². The van der Waals surface area contributed by atoms with Crippen LogP contribution in [0.25, 0.3) is 5.76 Å². The molecule has 1 aliphatic rings. The second-order valence-electron chi connectivity index (χ2n) is 10.4. The number of hydrogen-bond donors (Lipinski definition) is 1. The normalized spacial score (nSPS) is 16.7. The third-order valence-electron chi connectivity index (χ3n) is 6.76. The number of ether oxygens (including phenoxy) is 2. The minimum Gasteiger partial charge on any atom is -0.507 e. The molecular weight excluding hydrogens is 492 g/mol. The number of hydrogen-bond acceptors (Lipinski definition) is 6. The van der Waals surface area contributed by atoms with E-state index in [-0.39, 0.29) is 23.4 Å². The van der Waals surface area contributed by atoms with Gasteiger partial charge in [0.05, 0.1) is 24.8 Å². The molecule has 1 N–H and O–H groups in total. The van der Waals surface area contributed by atoms with Crippen molar-refractivity contribution in [1.82, 2.24) is 0 Å². The lowest BCUT2D eigenvalue weighted by Gasteiger charge is -2.26. The second kappa shape index (κ2) is 11.2. The predicted octanol–water partition coefficient (Wildman–Crippen LogP) is 6.30. The van der Waals surface area contributed by atoms with Gasteiger partial charge < -0.3 is 19.5 Å². The molecule has 0 radical (unpaired) electrons. The van der Waals surface area contributed by atoms with Crippen LogP contribution in [-0.4, -0.2) is 44.1 Å². The summed E-state index contributed by atoms with van der Waals surface area (Å²) in [6, 6.07) is 19.2. The molecule has 1 atom stereocenters. The average molecular weight is 529 g/mol. The number of ketones is 1. The zero-order valence-corrected chi connectivity index (χ0v) is 23.6. The monoisotopic (exact) mass is 528 g/mol. The zero-order chi connectivity index (χ0) is 28.4. The van der Waals surface area contributed by atoms with Crippen LogP contribution >= 0.6 is 0 Å². The summed E-state index contributed by atoms with van der Waals surface area (Å²) in [5.41, 5.74) is 3.53. The summed E-state index contributed by atoms with van der Waals surface area (Å²) in [5, 5.41) is 11.6. The highest BCUT2D eigenvalue weighted by Gasteiger charge is 2.47. The molecule has 7 heteroatoms. The Morgan fingerprint density at radius 1 is 0.949 bits per heavy atom. The molecule has 1 unspecified atom stereocenters. The van der Waals surface area contributed by atoms with E-state index < -0.39 is 17.7 Å². The van der Waals surface area contributed by atoms with E-state index >= 15 is 0 Å². The quantitative estimate of drug-likeness (QED) is 0.210. The largest absolute Gasteiger partial charge is 0.507 e. The van der Waals surface area contributed by atoms with Gasteiger partial charge in [0.1, 0.15) is 17.3 Å². The first-order valence-electron chi connectivity index (χ1n) is 13.1. The molecule has 0 spiro atoms. The van der Waals surface area contributed by atoms with Crippen LogP contribution in [-0.2, 0) is 9.59 Å². The topological polar surface area (TPSA) is 79.3 Å². The van der Waals surface area contributed by atoms with Crippen molar-refractivity contribution < 1.29 is 24.2 Å². The second-order valence-corrected chi connectivity index (χ2v) is 10.4. The third kappa shape index (κ3) is 5.48. The average Bonchev–Trinajstić information content (AvgIpc) is 3.17. The van der Waals surface area contributed by atoms with Crippen molar-refractivity contribution in [3.8, 4) is 11.5 Å². The van der Waals surface area contributed by atoms with Crippen LogP contribution in [0, 0.1) is 0 Å². The molecule has 4 rings (SSSR count). The Morgan fingerprint density at radius 2 is 1.64 bits per heavy atom. The van der Waals surface area contributed by atoms with E-state index in [1.54, 1.807) is 19.2 Å². The van der Waals surface area contributed by atoms with E-state index in [4.69, 9.17) is 9.47 Å². The van der Waals surface area contributed by atoms with E-state index in [9.17, 15) is 14.7 Å². The van der Waals surface area contributed by atoms with Gasteiger partial charge >= 0.3 is 0 Å². The molecule has 0 aliphatic carbocycles. The fourth-order valence-electron chi connectivity index (χ4n) is 4.84. The van der Waals surface area contributed by atoms with Crippen LogP contribution in [0.4, 0.5) is 11.4 Å². The summed E-state index contributed by atoms with van der Waals surface area (Å²) in [7, 11) is 5.46. The Hall–Kier alpha value is -4.26. The number of carbonyl (C=O) groups is 2. The Balaban J connectivity index is 1.93. The van der Waals surface area contributed by atoms with Crippen LogP contribution in [0.5, 0.6) is 11.5 Å². The van der Waals surface area contributed by atoms with Gasteiger partial charge in [-0.25, -0.2) is 0 Å². The van der Waals surface area contributed by atoms with Crippen molar-refractivity contribution in [3.63, 3.8) is 0 Å². The lowest BCUT2D eigenvalue weighted by molar-refractivity contribution is -0.132. The molecule has 3 aromatic carbocycles. The summed E-state index contributed by atoms with van der Waals surface area (Å²) in [6.07, 6.45) is -0.0565. The summed E-state index contributed by atoms with van der Waals surface area (Å²) >= 11 is 0. The van der Waals surface area contributed by atoms with E-state index in [0.29, 0.717) is 28.3 Å². The third-order valence-corrected chi connectivity index (χ3v) is 6.76. The summed E-state index contributed by atoms with van der Waals surface area (Å²) < 4.78 is 11.4. The Kier molecular flexibility index (Phi) is 8.00. The first kappa shape index (κ1) is 27.8. The number of methoxy groups -OCH3 is 1. The number of rotatable bonds is 8. The molecule has 1 fully saturated rings. The highest BCUT2D eigenvalue weighted by atomic mass is 16.5. The number of anilines is 2. The maximum Gasteiger partial charge on any atom is 0.300 e. The Labute approximate surface area is 230 Å². The highest BCUT2D eigenvalue weighted by Crippen LogP contribution is 2.43. The van der Waals surface area contributed by atoms with Gasteiger partial charge in [-0.2, -0.15) is 0 Å². The van der Waals surface area contributed by atoms with Gasteiger partial charge in [-0.3, -0.25) is 14.5 Å². The van der Waals surface area contributed by atoms with E-state index in [0.717, 1.165) is 11.3 Å². The standard InChI is InChI=1S/C32H36N2O5/c1-19(2)26-18-22(11-16-27(26)38-7)30(35)28-29(21-9-8-10-25(17-21)39-20(3)4)34(32(37)31(28)36)24-14-12-23(13-15-24)33(5)6/h8-20,29,35H,1-7H3/b30-28+. The van der Waals surface area contributed by atoms with Gasteiger partial charge in [-0.1, -0.05) is 26.0 Å². The van der Waals surface area contributed by atoms with Gasteiger partial charge in [0, 0.05) is 31.0 Å². The molecule has 0 bridgehead atoms. The molecule has 39 heavy (non-hydrogen) atoms. The minimum atomic E-state index is -0.851. The van der Waals surface area contributed by atoms with Crippen molar-refractivity contribution >= 4 is 28.8 Å². The molecule has 3 aromatic rings. The maximum absolute atomic E-state index is 13.6. The predicted molar refractivity (Wildman–Crippen MR) is 155 cm³/mol. The molecule has 0 saturated carbocycles. The number of carbonyl (C=O) groups excluding carboxylic acids is 2. The maximum atomic E-state index is 13.6. The fraction of sp³-hybridized carbons (Fsp3) is 0.312. The molecule has 1 amide bonds. The van der Waals surface area contributed by atoms with Crippen molar-refractivity contribution in [2.75, 3.05) is 31.0 Å². The van der Waals surface area contributed by atoms with Crippen LogP contribution < -0.4 is 19.3 Å². The molecule has 0 aromatic heterocycles. The lowest BCUT2D eigenvalue weighted by Crippen LogP contribution is -2.29. The highest BCUT2D eigenvalue weighted by molar-refractivity contribution is 6.51. The number of amides is 1. The molecule has 204 valence electrons. The minimum absolute atomic E-state index is 0.0262. The molecule has 7 nitrogen and oxygen atoms in total. The summed E-state index contributed by atoms with van der Waals surface area (Å²) in [5.74, 6) is -0.254. The lowest BCUT2D eigenvalue weighted by atomic mass is 9.93. The molecular formula is C32H36N2O5. The smallest absolute Gasteiger partial charge is 0.300 e. The summed E-state index contributed by atoms with van der Waals surface area (Å²) in [6.45, 7) is 7.92. The molecule has 1 heterocycles. The molecule has 1 aliphatic heterocycles. The first-order chi connectivity index (χ1) is 18.5. The summed E-state index contributed by atoms with van der Waals surface area (Å²) in [4.78, 5) is 30.6. The van der Waals surface area contributed by atoms with Crippen LogP contribution in [0.3, 0.4) is 0 Å². The number of aliphatic hydroxyl groups is 1. The van der Waals surface area contributed by atoms with Crippen molar-refractivity contribution in [2.24, 2.45) is 0 Å². The van der Waals surface area contributed by atoms with Crippen molar-refractivity contribution in [3.05, 3.63) is 89.0 Å². The number of aliphatic hydroxyl groups excluding tert-OH is 1. The van der Waals surface area contributed by atoms with Crippen molar-refractivity contribution in [1.29, 1.82) is 0 Å². The van der Waals surface area contributed by atoms with Crippen LogP contribution in [0.2, 0.25) is 0 Å². The Bertz CT molecular complexity index is 1410. The molecule has 1 saturated heterocycles. The van der Waals surface area contributed by atoms with Gasteiger partial charge in [0.2, 0.25) is 0 Å². The Morgan fingerprint density at radius 3 is 2.23 bits per heavy atom. The van der Waals surface area contributed by atoms with Gasteiger partial charge in [-0.05, 0) is 85.5 Å². The van der Waals surface area contributed by atoms with E-state index in [2.05, 4.69) is 0 Å². The number of benzene rings is 3. The van der Waals surface area contributed by atoms with Gasteiger partial charge in [-0.15, -0.1) is 0 Å². The number of nitrogens with zero attached hydrogens (tertiary/aromatic N) is 2. The van der Waals surface area contributed by atoms with Gasteiger partial charge in [0.25, 0.3) is 11.7 Å². The van der Waals surface area contributed by atoms with Crippen LogP contribution in [0.15, 0.2) is 72.3 Å². The van der Waals surface area contributed by atoms with Gasteiger partial charge in [0.15, 0.2) is 0 Å². The first-order valence-corrected chi connectivity index (χ1v) is 13.1. The van der Waals surface area contributed by atoms with Crippen LogP contribution in [0.1, 0.15) is 56.3 Å². The fourth-order valence-corrected chi connectivity index (χ4v) is 4.84. The van der Waals surface area contributed by atoms with E-state index in [1.165, 1.54) is 4.90 Å². The van der Waals surface area contributed by atoms with Crippen molar-refractivity contribution in [2.45, 2.75) is 45.8 Å². The SMILES string of the molecule is COc1ccc(/C(O)=C2\C(=O)C(=O)N(c3ccc(N(C)C)cc3)C2c2cccc(OC(C)C)c2)cc1C(C)C. The number of Topliss-reactive ketones (excluding diaryl/α,β-unsaturated/α-hetero) is 1. The zero-order valence-electron chi connectivity index (χ0n) is 23.6.